The standard InChI is InChI=1S/C32H36FN5O5/c1-36-18-30(40)38-17-24(34)15-25(38)19-43-28-11-9-23(33)14-26(28)32(42)37(2)27(10-12-29(36)39)31(41)35-16-20-7-8-21-5-3-4-6-22(21)13-20/h3-9,11,13-14,24-25,27H,10,12,15-19,34H2,1-2H3,(H,35,41)/t24-,25-,27+/m0/s1. The number of ether oxygens (including phenoxy) is 1. The number of carbonyl (C=O) groups excluding carboxylic acids is 4. The molecule has 0 aromatic heterocycles. The summed E-state index contributed by atoms with van der Waals surface area (Å²) in [4.78, 5) is 57.7. The van der Waals surface area contributed by atoms with Crippen molar-refractivity contribution in [3.63, 3.8) is 0 Å². The van der Waals surface area contributed by atoms with Crippen LogP contribution >= 0.6 is 0 Å². The van der Waals surface area contributed by atoms with Crippen LogP contribution in [0, 0.1) is 5.82 Å². The van der Waals surface area contributed by atoms with Gasteiger partial charge in [-0.15, -0.1) is 0 Å². The van der Waals surface area contributed by atoms with E-state index in [1.807, 2.05) is 42.5 Å². The van der Waals surface area contributed by atoms with Gasteiger partial charge in [0.05, 0.1) is 18.2 Å². The summed E-state index contributed by atoms with van der Waals surface area (Å²) in [6, 6.07) is 15.7. The van der Waals surface area contributed by atoms with Gasteiger partial charge in [-0.3, -0.25) is 19.2 Å². The quantitative estimate of drug-likeness (QED) is 0.483. The second-order valence-electron chi connectivity index (χ2n) is 11.3. The number of hydrogen-bond donors (Lipinski definition) is 2. The van der Waals surface area contributed by atoms with Crippen LogP contribution in [0.3, 0.4) is 0 Å². The molecule has 4 amide bonds. The maximum atomic E-state index is 14.4. The first kappa shape index (κ1) is 30.0. The molecule has 0 unspecified atom stereocenters. The smallest absolute Gasteiger partial charge is 0.258 e. The number of likely N-dealkylation sites (N-methyl/N-ethyl adjacent to an activating group) is 2. The molecule has 3 atom stereocenters. The van der Waals surface area contributed by atoms with E-state index in [1.54, 1.807) is 4.90 Å². The van der Waals surface area contributed by atoms with Crippen molar-refractivity contribution >= 4 is 34.4 Å². The van der Waals surface area contributed by atoms with E-state index in [1.165, 1.54) is 36.0 Å². The number of nitrogens with one attached hydrogen (secondary N) is 1. The Kier molecular flexibility index (Phi) is 8.91. The molecule has 3 aromatic rings. The van der Waals surface area contributed by atoms with E-state index in [-0.39, 0.29) is 67.7 Å². The Morgan fingerprint density at radius 2 is 1.79 bits per heavy atom. The van der Waals surface area contributed by atoms with Crippen LogP contribution in [0.4, 0.5) is 4.39 Å². The number of halogens is 1. The number of hydrogen-bond acceptors (Lipinski definition) is 6. The van der Waals surface area contributed by atoms with Gasteiger partial charge in [-0.1, -0.05) is 36.4 Å². The SMILES string of the molecule is CN1CC(=O)N2C[C@@H](N)C[C@H]2COc2ccc(F)cc2C(=O)N(C)[C@@H](C(=O)NCc2ccc3ccccc3c2)CCC1=O. The van der Waals surface area contributed by atoms with Crippen LogP contribution in [0.15, 0.2) is 60.7 Å². The summed E-state index contributed by atoms with van der Waals surface area (Å²) in [5, 5.41) is 4.99. The topological polar surface area (TPSA) is 125 Å². The van der Waals surface area contributed by atoms with E-state index in [4.69, 9.17) is 10.5 Å². The molecule has 10 nitrogen and oxygen atoms in total. The second-order valence-corrected chi connectivity index (χ2v) is 11.3. The minimum atomic E-state index is -1.05. The van der Waals surface area contributed by atoms with Gasteiger partial charge in [-0.2, -0.15) is 0 Å². The number of benzene rings is 3. The fourth-order valence-electron chi connectivity index (χ4n) is 5.72. The van der Waals surface area contributed by atoms with Crippen molar-refractivity contribution in [2.24, 2.45) is 5.73 Å². The molecule has 5 rings (SSSR count). The Balaban J connectivity index is 1.41. The number of carbonyl (C=O) groups is 4. The van der Waals surface area contributed by atoms with Crippen molar-refractivity contribution in [2.75, 3.05) is 33.8 Å². The summed E-state index contributed by atoms with van der Waals surface area (Å²) in [5.41, 5.74) is 6.94. The third kappa shape index (κ3) is 6.77. The zero-order valence-corrected chi connectivity index (χ0v) is 24.3. The molecule has 11 heteroatoms. The number of amides is 4. The zero-order chi connectivity index (χ0) is 30.7. The Morgan fingerprint density at radius 1 is 1.02 bits per heavy atom. The van der Waals surface area contributed by atoms with Gasteiger partial charge in [0.25, 0.3) is 5.91 Å². The molecule has 0 bridgehead atoms. The van der Waals surface area contributed by atoms with Crippen LogP contribution in [0.5, 0.6) is 5.75 Å². The molecule has 2 aliphatic rings. The minimum absolute atomic E-state index is 0.00806. The van der Waals surface area contributed by atoms with Crippen LogP contribution in [0.1, 0.15) is 35.2 Å². The Hall–Kier alpha value is -4.51. The van der Waals surface area contributed by atoms with Crippen molar-refractivity contribution in [3.05, 3.63) is 77.6 Å². The Morgan fingerprint density at radius 3 is 2.58 bits per heavy atom. The molecule has 226 valence electrons. The third-order valence-corrected chi connectivity index (χ3v) is 8.17. The number of fused-ring (bicyclic) bond motifs is 3. The maximum Gasteiger partial charge on any atom is 0.258 e. The van der Waals surface area contributed by atoms with E-state index < -0.39 is 23.7 Å². The zero-order valence-electron chi connectivity index (χ0n) is 24.3. The highest BCUT2D eigenvalue weighted by Gasteiger charge is 2.36. The summed E-state index contributed by atoms with van der Waals surface area (Å²) in [6.45, 7) is 0.393. The van der Waals surface area contributed by atoms with Crippen LogP contribution in [-0.4, -0.2) is 90.2 Å². The molecule has 3 aromatic carbocycles. The van der Waals surface area contributed by atoms with Crippen LogP contribution in [-0.2, 0) is 20.9 Å². The first-order valence-electron chi connectivity index (χ1n) is 14.3. The van der Waals surface area contributed by atoms with Crippen LogP contribution in [0.2, 0.25) is 0 Å². The summed E-state index contributed by atoms with van der Waals surface area (Å²) in [7, 11) is 2.98. The van der Waals surface area contributed by atoms with Crippen molar-refractivity contribution in [1.29, 1.82) is 0 Å². The molecule has 0 aliphatic carbocycles. The lowest BCUT2D eigenvalue weighted by Gasteiger charge is -2.28. The first-order valence-corrected chi connectivity index (χ1v) is 14.3. The highest BCUT2D eigenvalue weighted by Crippen LogP contribution is 2.26. The van der Waals surface area contributed by atoms with Gasteiger partial charge in [-0.05, 0) is 53.4 Å². The molecule has 2 aliphatic heterocycles. The van der Waals surface area contributed by atoms with Crippen molar-refractivity contribution in [3.8, 4) is 5.75 Å². The van der Waals surface area contributed by atoms with E-state index in [0.717, 1.165) is 22.4 Å². The van der Waals surface area contributed by atoms with Crippen LogP contribution in [0.25, 0.3) is 10.8 Å². The fourth-order valence-corrected chi connectivity index (χ4v) is 5.72. The lowest BCUT2D eigenvalue weighted by molar-refractivity contribution is -0.140. The lowest BCUT2D eigenvalue weighted by atomic mass is 10.0. The van der Waals surface area contributed by atoms with Gasteiger partial charge in [0, 0.05) is 39.6 Å². The molecule has 0 saturated carbocycles. The number of rotatable bonds is 3. The average molecular weight is 590 g/mol. The average Bonchev–Trinajstić information content (AvgIpc) is 3.38. The number of nitrogens with zero attached hydrogens (tertiary/aromatic N) is 3. The Labute approximate surface area is 249 Å². The van der Waals surface area contributed by atoms with E-state index in [0.29, 0.717) is 13.0 Å². The predicted octanol–water partition coefficient (Wildman–Crippen LogP) is 2.30. The van der Waals surface area contributed by atoms with Gasteiger partial charge in [0.1, 0.15) is 24.2 Å². The van der Waals surface area contributed by atoms with Gasteiger partial charge < -0.3 is 30.5 Å². The van der Waals surface area contributed by atoms with Crippen molar-refractivity contribution in [1.82, 2.24) is 20.0 Å². The van der Waals surface area contributed by atoms with Crippen molar-refractivity contribution < 1.29 is 28.3 Å². The summed E-state index contributed by atoms with van der Waals surface area (Å²) >= 11 is 0. The second kappa shape index (κ2) is 12.8. The summed E-state index contributed by atoms with van der Waals surface area (Å²) in [6.07, 6.45) is 0.379. The monoisotopic (exact) mass is 589 g/mol. The molecule has 0 spiro atoms. The Bertz CT molecular complexity index is 1550. The fraction of sp³-hybridized carbons (Fsp3) is 0.375. The van der Waals surface area contributed by atoms with Crippen LogP contribution < -0.4 is 15.8 Å². The molecule has 1 fully saturated rings. The molecular formula is C32H36FN5O5. The van der Waals surface area contributed by atoms with E-state index >= 15 is 0 Å². The normalized spacial score (nSPS) is 22.0. The largest absolute Gasteiger partial charge is 0.491 e. The first-order chi connectivity index (χ1) is 20.6. The summed E-state index contributed by atoms with van der Waals surface area (Å²) < 4.78 is 20.4. The van der Waals surface area contributed by atoms with Crippen molar-refractivity contribution in [2.45, 2.75) is 43.9 Å². The van der Waals surface area contributed by atoms with E-state index in [9.17, 15) is 23.6 Å². The molecule has 1 saturated heterocycles. The molecule has 43 heavy (non-hydrogen) atoms. The third-order valence-electron chi connectivity index (χ3n) is 8.17. The molecule has 2 heterocycles. The van der Waals surface area contributed by atoms with Gasteiger partial charge in [0.2, 0.25) is 17.7 Å². The highest BCUT2D eigenvalue weighted by molar-refractivity contribution is 5.99. The maximum absolute atomic E-state index is 14.4. The molecule has 3 N–H and O–H groups in total. The predicted molar refractivity (Wildman–Crippen MR) is 159 cm³/mol. The lowest BCUT2D eigenvalue weighted by Crippen LogP contribution is -2.48. The summed E-state index contributed by atoms with van der Waals surface area (Å²) in [5.74, 6) is -2.23. The van der Waals surface area contributed by atoms with E-state index in [2.05, 4.69) is 5.32 Å². The van der Waals surface area contributed by atoms with Gasteiger partial charge >= 0.3 is 0 Å². The highest BCUT2D eigenvalue weighted by atomic mass is 19.1. The van der Waals surface area contributed by atoms with Gasteiger partial charge in [0.15, 0.2) is 0 Å². The van der Waals surface area contributed by atoms with Gasteiger partial charge in [-0.25, -0.2) is 4.39 Å². The minimum Gasteiger partial charge on any atom is -0.491 e. The number of nitrogens with two attached hydrogens (primary N) is 1. The molecular weight excluding hydrogens is 553 g/mol. The molecule has 0 radical (unpaired) electrons.